The van der Waals surface area contributed by atoms with E-state index < -0.39 is 0 Å². The number of pyridine rings is 1. The number of imidazole rings is 1. The average molecular weight is 315 g/mol. The Morgan fingerprint density at radius 1 is 1.48 bits per heavy atom. The molecule has 0 saturated carbocycles. The number of hydrogen-bond donors (Lipinski definition) is 0. The second-order valence-electron chi connectivity index (χ2n) is 6.45. The van der Waals surface area contributed by atoms with E-state index in [9.17, 15) is 4.79 Å². The molecule has 0 aliphatic carbocycles. The summed E-state index contributed by atoms with van der Waals surface area (Å²) in [5.41, 5.74) is 1.99. The molecule has 4 rings (SSSR count). The van der Waals surface area contributed by atoms with Crippen LogP contribution in [-0.4, -0.2) is 58.7 Å². The molecule has 2 atom stereocenters. The van der Waals surface area contributed by atoms with E-state index in [1.165, 1.54) is 0 Å². The SMILES string of the molecule is CO[C@H]1CN(C(=O)c2cn3c(C)cccc3n2)C[C@@]12CCCO2. The first-order chi connectivity index (χ1) is 11.1. The summed E-state index contributed by atoms with van der Waals surface area (Å²) in [5.74, 6) is -0.0532. The minimum Gasteiger partial charge on any atom is -0.377 e. The third-order valence-corrected chi connectivity index (χ3v) is 5.05. The molecule has 2 fully saturated rings. The topological polar surface area (TPSA) is 56.1 Å². The van der Waals surface area contributed by atoms with Crippen molar-refractivity contribution in [3.05, 3.63) is 35.8 Å². The highest BCUT2D eigenvalue weighted by molar-refractivity contribution is 5.93. The molecule has 2 aliphatic heterocycles. The fourth-order valence-electron chi connectivity index (χ4n) is 3.81. The van der Waals surface area contributed by atoms with Gasteiger partial charge in [0.1, 0.15) is 23.0 Å². The third-order valence-electron chi connectivity index (χ3n) is 5.05. The summed E-state index contributed by atoms with van der Waals surface area (Å²) >= 11 is 0. The van der Waals surface area contributed by atoms with Crippen LogP contribution in [0.5, 0.6) is 0 Å². The van der Waals surface area contributed by atoms with Crippen LogP contribution < -0.4 is 0 Å². The highest BCUT2D eigenvalue weighted by Crippen LogP contribution is 2.37. The van der Waals surface area contributed by atoms with Crippen molar-refractivity contribution in [2.24, 2.45) is 0 Å². The van der Waals surface area contributed by atoms with Gasteiger partial charge in [-0.2, -0.15) is 0 Å². The molecule has 122 valence electrons. The largest absolute Gasteiger partial charge is 0.377 e. The third kappa shape index (κ3) is 2.24. The number of likely N-dealkylation sites (tertiary alicyclic amines) is 1. The van der Waals surface area contributed by atoms with Crippen LogP contribution in [0.2, 0.25) is 0 Å². The Morgan fingerprint density at radius 3 is 3.04 bits per heavy atom. The van der Waals surface area contributed by atoms with E-state index in [0.717, 1.165) is 30.8 Å². The summed E-state index contributed by atoms with van der Waals surface area (Å²) in [7, 11) is 1.69. The number of hydrogen-bond acceptors (Lipinski definition) is 4. The molecule has 0 aromatic carbocycles. The molecular weight excluding hydrogens is 294 g/mol. The van der Waals surface area contributed by atoms with Crippen LogP contribution >= 0.6 is 0 Å². The van der Waals surface area contributed by atoms with E-state index in [-0.39, 0.29) is 17.6 Å². The van der Waals surface area contributed by atoms with E-state index in [1.807, 2.05) is 40.6 Å². The molecule has 2 aliphatic rings. The highest BCUT2D eigenvalue weighted by Gasteiger charge is 2.51. The molecule has 0 N–H and O–H groups in total. The van der Waals surface area contributed by atoms with Crippen LogP contribution in [0.1, 0.15) is 29.0 Å². The van der Waals surface area contributed by atoms with E-state index in [2.05, 4.69) is 4.98 Å². The summed E-state index contributed by atoms with van der Waals surface area (Å²) in [4.78, 5) is 19.2. The maximum atomic E-state index is 12.9. The zero-order valence-electron chi connectivity index (χ0n) is 13.5. The molecular formula is C17H21N3O3. The molecule has 1 spiro atoms. The molecule has 0 bridgehead atoms. The summed E-state index contributed by atoms with van der Waals surface area (Å²) in [5, 5.41) is 0. The normalized spacial score (nSPS) is 27.4. The Kier molecular flexibility index (Phi) is 3.39. The van der Waals surface area contributed by atoms with Gasteiger partial charge < -0.3 is 18.8 Å². The standard InChI is InChI=1S/C17H21N3O3/c1-12-5-3-6-15-18-13(9-20(12)15)16(21)19-10-14(22-2)17(11-19)7-4-8-23-17/h3,5-6,9,14H,4,7-8,10-11H2,1-2H3/t14-,17-/m0/s1. The Balaban J connectivity index is 1.62. The first-order valence-electron chi connectivity index (χ1n) is 8.04. The molecule has 2 aromatic rings. The maximum absolute atomic E-state index is 12.9. The van der Waals surface area contributed by atoms with Gasteiger partial charge in [0.05, 0.1) is 13.1 Å². The van der Waals surface area contributed by atoms with Crippen molar-refractivity contribution in [1.82, 2.24) is 14.3 Å². The molecule has 0 unspecified atom stereocenters. The van der Waals surface area contributed by atoms with Crippen molar-refractivity contribution in [2.45, 2.75) is 31.5 Å². The van der Waals surface area contributed by atoms with Crippen LogP contribution in [-0.2, 0) is 9.47 Å². The predicted octanol–water partition coefficient (Wildman–Crippen LogP) is 1.66. The number of fused-ring (bicyclic) bond motifs is 1. The smallest absolute Gasteiger partial charge is 0.274 e. The minimum atomic E-state index is -0.334. The van der Waals surface area contributed by atoms with Gasteiger partial charge >= 0.3 is 0 Å². The van der Waals surface area contributed by atoms with Crippen molar-refractivity contribution < 1.29 is 14.3 Å². The Hall–Kier alpha value is -1.92. The van der Waals surface area contributed by atoms with E-state index in [4.69, 9.17) is 9.47 Å². The molecule has 0 radical (unpaired) electrons. The number of ether oxygens (including phenoxy) is 2. The van der Waals surface area contributed by atoms with E-state index in [1.54, 1.807) is 7.11 Å². The first-order valence-corrected chi connectivity index (χ1v) is 8.04. The average Bonchev–Trinajstić information content (AvgIpc) is 3.26. The van der Waals surface area contributed by atoms with Gasteiger partial charge in [-0.1, -0.05) is 6.07 Å². The molecule has 2 aromatic heterocycles. The fourth-order valence-corrected chi connectivity index (χ4v) is 3.81. The zero-order valence-corrected chi connectivity index (χ0v) is 13.5. The van der Waals surface area contributed by atoms with Gasteiger partial charge in [0.15, 0.2) is 0 Å². The Labute approximate surface area is 135 Å². The fraction of sp³-hybridized carbons (Fsp3) is 0.529. The lowest BCUT2D eigenvalue weighted by Gasteiger charge is -2.27. The molecule has 6 heteroatoms. The number of aromatic nitrogens is 2. The van der Waals surface area contributed by atoms with Gasteiger partial charge in [-0.15, -0.1) is 0 Å². The predicted molar refractivity (Wildman–Crippen MR) is 84.5 cm³/mol. The van der Waals surface area contributed by atoms with Crippen molar-refractivity contribution in [1.29, 1.82) is 0 Å². The summed E-state index contributed by atoms with van der Waals surface area (Å²) in [6.07, 6.45) is 3.72. The molecule has 6 nitrogen and oxygen atoms in total. The van der Waals surface area contributed by atoms with Gasteiger partial charge in [0.25, 0.3) is 5.91 Å². The van der Waals surface area contributed by atoms with Gasteiger partial charge in [0.2, 0.25) is 0 Å². The number of rotatable bonds is 2. The lowest BCUT2D eigenvalue weighted by molar-refractivity contribution is -0.0754. The number of methoxy groups -OCH3 is 1. The zero-order chi connectivity index (χ0) is 16.0. The van der Waals surface area contributed by atoms with E-state index >= 15 is 0 Å². The highest BCUT2D eigenvalue weighted by atomic mass is 16.6. The maximum Gasteiger partial charge on any atom is 0.274 e. The quantitative estimate of drug-likeness (QED) is 0.846. The van der Waals surface area contributed by atoms with Crippen LogP contribution in [0, 0.1) is 6.92 Å². The number of aryl methyl sites for hydroxylation is 1. The van der Waals surface area contributed by atoms with Gasteiger partial charge in [-0.25, -0.2) is 4.98 Å². The number of carbonyl (C=O) groups excluding carboxylic acids is 1. The molecule has 1 amide bonds. The Bertz CT molecular complexity index is 749. The number of carbonyl (C=O) groups is 1. The molecule has 2 saturated heterocycles. The van der Waals surface area contributed by atoms with Crippen LogP contribution in [0.3, 0.4) is 0 Å². The number of amides is 1. The molecule has 4 heterocycles. The monoisotopic (exact) mass is 315 g/mol. The van der Waals surface area contributed by atoms with E-state index in [0.29, 0.717) is 18.8 Å². The molecule has 23 heavy (non-hydrogen) atoms. The van der Waals surface area contributed by atoms with Crippen molar-refractivity contribution in [2.75, 3.05) is 26.8 Å². The van der Waals surface area contributed by atoms with Crippen molar-refractivity contribution in [3.8, 4) is 0 Å². The Morgan fingerprint density at radius 2 is 2.35 bits per heavy atom. The second-order valence-corrected chi connectivity index (χ2v) is 6.45. The summed E-state index contributed by atoms with van der Waals surface area (Å²) in [6, 6.07) is 5.86. The summed E-state index contributed by atoms with van der Waals surface area (Å²) < 4.78 is 13.5. The van der Waals surface area contributed by atoms with Gasteiger partial charge in [-0.05, 0) is 31.9 Å². The van der Waals surface area contributed by atoms with Crippen LogP contribution in [0.25, 0.3) is 5.65 Å². The van der Waals surface area contributed by atoms with Crippen LogP contribution in [0.15, 0.2) is 24.4 Å². The number of nitrogens with zero attached hydrogens (tertiary/aromatic N) is 3. The van der Waals surface area contributed by atoms with Crippen LogP contribution in [0.4, 0.5) is 0 Å². The lowest BCUT2D eigenvalue weighted by Crippen LogP contribution is -2.42. The first kappa shape index (κ1) is 14.7. The van der Waals surface area contributed by atoms with Crippen molar-refractivity contribution >= 4 is 11.6 Å². The lowest BCUT2D eigenvalue weighted by atomic mass is 9.96. The minimum absolute atomic E-state index is 0.0532. The van der Waals surface area contributed by atoms with Gasteiger partial charge in [-0.3, -0.25) is 4.79 Å². The van der Waals surface area contributed by atoms with Gasteiger partial charge in [0, 0.05) is 25.6 Å². The van der Waals surface area contributed by atoms with Crippen molar-refractivity contribution in [3.63, 3.8) is 0 Å². The summed E-state index contributed by atoms with van der Waals surface area (Å²) in [6.45, 7) is 3.88. The second kappa shape index (κ2) is 5.32.